The Bertz CT molecular complexity index is 954. The SMILES string of the molecule is C/C=C/C(=O)[C@@H](c1ccccc1)C(C(=O)c1ccccc1)C(=O)c1ccccc1. The first-order valence-electron chi connectivity index (χ1n) is 9.53. The van der Waals surface area contributed by atoms with Crippen LogP contribution in [0.15, 0.2) is 103 Å². The number of Topliss-reactive ketones (excluding diaryl/α,β-unsaturated/α-hetero) is 2. The molecule has 0 saturated carbocycles. The van der Waals surface area contributed by atoms with Crippen molar-refractivity contribution in [2.75, 3.05) is 0 Å². The Morgan fingerprint density at radius 1 is 0.655 bits per heavy atom. The minimum Gasteiger partial charge on any atom is -0.294 e. The number of allylic oxidation sites excluding steroid dienone is 2. The normalized spacial score (nSPS) is 12.1. The van der Waals surface area contributed by atoms with Gasteiger partial charge < -0.3 is 0 Å². The molecule has 0 spiro atoms. The third-order valence-corrected chi connectivity index (χ3v) is 4.81. The third kappa shape index (κ3) is 4.64. The van der Waals surface area contributed by atoms with Crippen LogP contribution >= 0.6 is 0 Å². The van der Waals surface area contributed by atoms with Gasteiger partial charge in [-0.05, 0) is 18.6 Å². The summed E-state index contributed by atoms with van der Waals surface area (Å²) in [4.78, 5) is 40.0. The van der Waals surface area contributed by atoms with Crippen LogP contribution in [-0.2, 0) is 4.79 Å². The minimum atomic E-state index is -1.15. The van der Waals surface area contributed by atoms with Crippen LogP contribution in [0, 0.1) is 5.92 Å². The summed E-state index contributed by atoms with van der Waals surface area (Å²) >= 11 is 0. The van der Waals surface area contributed by atoms with Crippen molar-refractivity contribution in [3.05, 3.63) is 120 Å². The molecule has 0 heterocycles. The first-order chi connectivity index (χ1) is 14.1. The van der Waals surface area contributed by atoms with Gasteiger partial charge in [-0.2, -0.15) is 0 Å². The van der Waals surface area contributed by atoms with Crippen LogP contribution in [-0.4, -0.2) is 17.3 Å². The van der Waals surface area contributed by atoms with Crippen molar-refractivity contribution in [3.8, 4) is 0 Å². The van der Waals surface area contributed by atoms with Crippen LogP contribution in [0.25, 0.3) is 0 Å². The number of hydrogen-bond acceptors (Lipinski definition) is 3. The second-order valence-corrected chi connectivity index (χ2v) is 6.73. The van der Waals surface area contributed by atoms with Gasteiger partial charge in [0.15, 0.2) is 17.3 Å². The summed E-state index contributed by atoms with van der Waals surface area (Å²) in [7, 11) is 0. The highest BCUT2D eigenvalue weighted by Gasteiger charge is 2.39. The van der Waals surface area contributed by atoms with E-state index in [2.05, 4.69) is 0 Å². The summed E-state index contributed by atoms with van der Waals surface area (Å²) in [5, 5.41) is 0. The number of rotatable bonds is 8. The number of carbonyl (C=O) groups is 3. The molecule has 0 radical (unpaired) electrons. The molecule has 0 fully saturated rings. The number of hydrogen-bond donors (Lipinski definition) is 0. The van der Waals surface area contributed by atoms with E-state index in [4.69, 9.17) is 0 Å². The van der Waals surface area contributed by atoms with E-state index in [9.17, 15) is 14.4 Å². The lowest BCUT2D eigenvalue weighted by Gasteiger charge is -2.24. The van der Waals surface area contributed by atoms with Gasteiger partial charge in [0.1, 0.15) is 0 Å². The van der Waals surface area contributed by atoms with Crippen LogP contribution in [0.2, 0.25) is 0 Å². The Labute approximate surface area is 170 Å². The molecule has 29 heavy (non-hydrogen) atoms. The standard InChI is InChI=1S/C26H22O3/c1-2-12-22(27)23(19-13-6-3-7-14-19)24(25(28)20-15-8-4-9-16-20)26(29)21-17-10-5-11-18-21/h2-18,23-24H,1H3/b12-2+/t23-/m1/s1. The third-order valence-electron chi connectivity index (χ3n) is 4.81. The fourth-order valence-electron chi connectivity index (χ4n) is 3.44. The zero-order chi connectivity index (χ0) is 20.6. The molecule has 0 amide bonds. The Kier molecular flexibility index (Phi) is 6.64. The smallest absolute Gasteiger partial charge is 0.174 e. The van der Waals surface area contributed by atoms with E-state index in [-0.39, 0.29) is 17.3 Å². The van der Waals surface area contributed by atoms with Crippen LogP contribution in [0.5, 0.6) is 0 Å². The highest BCUT2D eigenvalue weighted by molar-refractivity contribution is 6.20. The average molecular weight is 382 g/mol. The van der Waals surface area contributed by atoms with E-state index in [0.29, 0.717) is 16.7 Å². The molecule has 0 aliphatic rings. The van der Waals surface area contributed by atoms with E-state index in [1.54, 1.807) is 73.7 Å². The van der Waals surface area contributed by atoms with Gasteiger partial charge in [0, 0.05) is 11.1 Å². The highest BCUT2D eigenvalue weighted by atomic mass is 16.2. The van der Waals surface area contributed by atoms with Crippen molar-refractivity contribution in [1.82, 2.24) is 0 Å². The van der Waals surface area contributed by atoms with Crippen molar-refractivity contribution >= 4 is 17.3 Å². The first kappa shape index (κ1) is 20.2. The molecule has 3 nitrogen and oxygen atoms in total. The maximum absolute atomic E-state index is 13.5. The van der Waals surface area contributed by atoms with Gasteiger partial charge >= 0.3 is 0 Å². The predicted molar refractivity (Wildman–Crippen MR) is 114 cm³/mol. The summed E-state index contributed by atoms with van der Waals surface area (Å²) in [5.41, 5.74) is 1.47. The van der Waals surface area contributed by atoms with Crippen LogP contribution in [0.3, 0.4) is 0 Å². The monoisotopic (exact) mass is 382 g/mol. The van der Waals surface area contributed by atoms with Crippen molar-refractivity contribution in [2.45, 2.75) is 12.8 Å². The second kappa shape index (κ2) is 9.56. The first-order valence-corrected chi connectivity index (χ1v) is 9.53. The average Bonchev–Trinajstić information content (AvgIpc) is 2.78. The van der Waals surface area contributed by atoms with Gasteiger partial charge in [-0.3, -0.25) is 14.4 Å². The summed E-state index contributed by atoms with van der Waals surface area (Å²) < 4.78 is 0. The largest absolute Gasteiger partial charge is 0.294 e. The quantitative estimate of drug-likeness (QED) is 0.302. The summed E-state index contributed by atoms with van der Waals surface area (Å²) in [6.45, 7) is 1.74. The van der Waals surface area contributed by atoms with Gasteiger partial charge in [0.25, 0.3) is 0 Å². The highest BCUT2D eigenvalue weighted by Crippen LogP contribution is 2.32. The lowest BCUT2D eigenvalue weighted by Crippen LogP contribution is -2.34. The molecule has 0 bridgehead atoms. The molecule has 3 aromatic rings. The number of carbonyl (C=O) groups excluding carboxylic acids is 3. The molecular formula is C26H22O3. The van der Waals surface area contributed by atoms with Gasteiger partial charge in [0.05, 0.1) is 11.8 Å². The van der Waals surface area contributed by atoms with Crippen molar-refractivity contribution in [1.29, 1.82) is 0 Å². The molecule has 1 atom stereocenters. The molecule has 3 aromatic carbocycles. The topological polar surface area (TPSA) is 51.2 Å². The zero-order valence-electron chi connectivity index (χ0n) is 16.2. The maximum Gasteiger partial charge on any atom is 0.174 e. The van der Waals surface area contributed by atoms with Crippen LogP contribution in [0.4, 0.5) is 0 Å². The summed E-state index contributed by atoms with van der Waals surface area (Å²) in [5.74, 6) is -3.02. The zero-order valence-corrected chi connectivity index (χ0v) is 16.2. The number of benzene rings is 3. The molecule has 0 saturated heterocycles. The van der Waals surface area contributed by atoms with Crippen LogP contribution < -0.4 is 0 Å². The van der Waals surface area contributed by atoms with Crippen molar-refractivity contribution < 1.29 is 14.4 Å². The van der Waals surface area contributed by atoms with E-state index < -0.39 is 11.8 Å². The molecule has 0 unspecified atom stereocenters. The molecular weight excluding hydrogens is 360 g/mol. The predicted octanol–water partition coefficient (Wildman–Crippen LogP) is 5.30. The molecule has 3 heteroatoms. The molecule has 3 rings (SSSR count). The summed E-state index contributed by atoms with van der Waals surface area (Å²) in [6, 6.07) is 26.4. The van der Waals surface area contributed by atoms with Gasteiger partial charge in [0.2, 0.25) is 0 Å². The van der Waals surface area contributed by atoms with Gasteiger partial charge in [-0.1, -0.05) is 97.1 Å². The van der Waals surface area contributed by atoms with Crippen LogP contribution in [0.1, 0.15) is 39.1 Å². The molecule has 0 N–H and O–H groups in total. The Morgan fingerprint density at radius 2 is 1.07 bits per heavy atom. The summed E-state index contributed by atoms with van der Waals surface area (Å²) in [6.07, 6.45) is 3.07. The molecule has 0 aliphatic heterocycles. The molecule has 144 valence electrons. The second-order valence-electron chi connectivity index (χ2n) is 6.73. The van der Waals surface area contributed by atoms with Gasteiger partial charge in [-0.15, -0.1) is 0 Å². The lowest BCUT2D eigenvalue weighted by molar-refractivity contribution is -0.116. The van der Waals surface area contributed by atoms with E-state index >= 15 is 0 Å². The fourth-order valence-corrected chi connectivity index (χ4v) is 3.44. The number of ketones is 3. The Balaban J connectivity index is 2.17. The fraction of sp³-hybridized carbons (Fsp3) is 0.115. The van der Waals surface area contributed by atoms with E-state index in [0.717, 1.165) is 0 Å². The van der Waals surface area contributed by atoms with Gasteiger partial charge in [-0.25, -0.2) is 0 Å². The maximum atomic E-state index is 13.5. The molecule has 0 aliphatic carbocycles. The minimum absolute atomic E-state index is 0.266. The van der Waals surface area contributed by atoms with Crippen molar-refractivity contribution in [2.24, 2.45) is 5.92 Å². The van der Waals surface area contributed by atoms with Crippen molar-refractivity contribution in [3.63, 3.8) is 0 Å². The Morgan fingerprint density at radius 3 is 1.48 bits per heavy atom. The Hall–Kier alpha value is -3.59. The van der Waals surface area contributed by atoms with E-state index in [1.165, 1.54) is 6.08 Å². The molecule has 0 aromatic heterocycles. The lowest BCUT2D eigenvalue weighted by atomic mass is 9.75. The van der Waals surface area contributed by atoms with E-state index in [1.807, 2.05) is 30.3 Å².